The van der Waals surface area contributed by atoms with E-state index in [1.165, 1.54) is 5.57 Å². The Balaban J connectivity index is 1.90. The Morgan fingerprint density at radius 2 is 1.65 bits per heavy atom. The van der Waals surface area contributed by atoms with Crippen molar-refractivity contribution in [3.63, 3.8) is 0 Å². The molecule has 110 valence electrons. The predicted molar refractivity (Wildman–Crippen MR) is 89.2 cm³/mol. The van der Waals surface area contributed by atoms with E-state index in [4.69, 9.17) is 4.74 Å². The summed E-state index contributed by atoms with van der Waals surface area (Å²) in [6.07, 6.45) is 8.29. The number of carbonyl (C=O) groups is 1. The number of allylic oxidation sites excluding steroid dienone is 4. The highest BCUT2D eigenvalue weighted by Gasteiger charge is 2.41. The van der Waals surface area contributed by atoms with Gasteiger partial charge in [-0.3, -0.25) is 4.79 Å². The van der Waals surface area contributed by atoms with Gasteiger partial charge in [-0.25, -0.2) is 0 Å². The summed E-state index contributed by atoms with van der Waals surface area (Å²) in [5, 5.41) is 2.20. The number of fused-ring (bicyclic) bond motifs is 5. The van der Waals surface area contributed by atoms with E-state index in [-0.39, 0.29) is 17.6 Å². The Labute approximate surface area is 133 Å². The summed E-state index contributed by atoms with van der Waals surface area (Å²) in [7, 11) is 0. The highest BCUT2D eigenvalue weighted by molar-refractivity contribution is 6.08. The molecule has 0 saturated heterocycles. The van der Waals surface area contributed by atoms with Gasteiger partial charge >= 0.3 is 0 Å². The molecule has 0 bridgehead atoms. The summed E-state index contributed by atoms with van der Waals surface area (Å²) in [4.78, 5) is 13.1. The second-order valence-corrected chi connectivity index (χ2v) is 6.08. The molecule has 5 rings (SSSR count). The van der Waals surface area contributed by atoms with Gasteiger partial charge in [-0.1, -0.05) is 60.7 Å². The number of ether oxygens (including phenoxy) is 1. The second kappa shape index (κ2) is 4.56. The van der Waals surface area contributed by atoms with Crippen LogP contribution in [0.2, 0.25) is 0 Å². The summed E-state index contributed by atoms with van der Waals surface area (Å²) in [5.74, 6) is 1.39. The maximum atomic E-state index is 13.1. The van der Waals surface area contributed by atoms with Crippen molar-refractivity contribution in [3.8, 4) is 5.75 Å². The van der Waals surface area contributed by atoms with Crippen molar-refractivity contribution in [2.45, 2.75) is 0 Å². The molecule has 3 aliphatic rings. The maximum absolute atomic E-state index is 13.1. The molecule has 1 aliphatic heterocycles. The van der Waals surface area contributed by atoms with Crippen molar-refractivity contribution in [2.24, 2.45) is 11.8 Å². The van der Waals surface area contributed by atoms with Crippen molar-refractivity contribution in [2.75, 3.05) is 0 Å². The van der Waals surface area contributed by atoms with E-state index in [0.717, 1.165) is 16.2 Å². The Morgan fingerprint density at radius 3 is 2.57 bits per heavy atom. The van der Waals surface area contributed by atoms with E-state index in [2.05, 4.69) is 18.2 Å². The van der Waals surface area contributed by atoms with Gasteiger partial charge in [-0.15, -0.1) is 0 Å². The van der Waals surface area contributed by atoms with Crippen LogP contribution < -0.4 is 15.2 Å². The van der Waals surface area contributed by atoms with Crippen LogP contribution in [0.4, 0.5) is 0 Å². The van der Waals surface area contributed by atoms with E-state index in [1.807, 2.05) is 54.6 Å². The molecule has 2 unspecified atom stereocenters. The van der Waals surface area contributed by atoms with Crippen LogP contribution in [-0.2, 0) is 0 Å². The fourth-order valence-electron chi connectivity index (χ4n) is 3.84. The summed E-state index contributed by atoms with van der Waals surface area (Å²) < 4.78 is 6.21. The zero-order valence-electron chi connectivity index (χ0n) is 12.4. The minimum absolute atomic E-state index is 0.0470. The first-order chi connectivity index (χ1) is 11.3. The Kier molecular flexibility index (Phi) is 2.51. The minimum Gasteiger partial charge on any atom is -0.459 e. The molecule has 0 fully saturated rings. The number of carbonyl (C=O) groups excluding carboxylic acids is 1. The molecule has 2 atom stereocenters. The Morgan fingerprint density at radius 1 is 0.870 bits per heavy atom. The molecule has 0 saturated carbocycles. The highest BCUT2D eigenvalue weighted by Crippen LogP contribution is 2.41. The smallest absolute Gasteiger partial charge is 0.178 e. The van der Waals surface area contributed by atoms with Crippen molar-refractivity contribution < 1.29 is 9.53 Å². The first-order valence-electron chi connectivity index (χ1n) is 7.84. The van der Waals surface area contributed by atoms with Gasteiger partial charge in [0, 0.05) is 11.1 Å². The van der Waals surface area contributed by atoms with Crippen LogP contribution in [0, 0.1) is 11.8 Å². The summed E-state index contributed by atoms with van der Waals surface area (Å²) in [6, 6.07) is 15.7. The molecule has 0 aromatic heterocycles. The molecule has 2 aromatic carbocycles. The number of para-hydroxylation sites is 1. The van der Waals surface area contributed by atoms with Crippen LogP contribution in [0.15, 0.2) is 72.8 Å². The van der Waals surface area contributed by atoms with Crippen molar-refractivity contribution in [3.05, 3.63) is 88.8 Å². The van der Waals surface area contributed by atoms with Gasteiger partial charge in [-0.2, -0.15) is 0 Å². The maximum Gasteiger partial charge on any atom is 0.178 e. The third-order valence-corrected chi connectivity index (χ3v) is 4.86. The van der Waals surface area contributed by atoms with Crippen molar-refractivity contribution >= 4 is 17.1 Å². The molecular formula is C21H14O2. The fourth-order valence-corrected chi connectivity index (χ4v) is 3.84. The predicted octanol–water partition coefficient (Wildman–Crippen LogP) is 2.59. The zero-order valence-corrected chi connectivity index (χ0v) is 12.4. The molecule has 1 heterocycles. The third-order valence-electron chi connectivity index (χ3n) is 4.86. The van der Waals surface area contributed by atoms with Crippen LogP contribution in [-0.4, -0.2) is 5.78 Å². The largest absolute Gasteiger partial charge is 0.459 e. The molecule has 0 spiro atoms. The van der Waals surface area contributed by atoms with Gasteiger partial charge in [-0.05, 0) is 22.9 Å². The van der Waals surface area contributed by atoms with E-state index in [0.29, 0.717) is 11.3 Å². The SMILES string of the molecule is O=C1c2ccccc2OC2=c3ccccc3=C3C=CC=CC3C12. The fraction of sp³-hybridized carbons (Fsp3) is 0.0952. The normalized spacial score (nSPS) is 23.6. The summed E-state index contributed by atoms with van der Waals surface area (Å²) >= 11 is 0. The van der Waals surface area contributed by atoms with Crippen LogP contribution in [0.3, 0.4) is 0 Å². The molecule has 2 heteroatoms. The monoisotopic (exact) mass is 298 g/mol. The summed E-state index contributed by atoms with van der Waals surface area (Å²) in [6.45, 7) is 0. The Hall–Kier alpha value is -2.87. The lowest BCUT2D eigenvalue weighted by atomic mass is 9.73. The van der Waals surface area contributed by atoms with E-state index in [1.54, 1.807) is 0 Å². The molecule has 2 aliphatic carbocycles. The number of hydrogen-bond donors (Lipinski definition) is 0. The lowest BCUT2D eigenvalue weighted by molar-refractivity contribution is 0.0907. The van der Waals surface area contributed by atoms with E-state index < -0.39 is 0 Å². The van der Waals surface area contributed by atoms with Crippen LogP contribution >= 0.6 is 0 Å². The number of hydrogen-bond acceptors (Lipinski definition) is 2. The average molecular weight is 298 g/mol. The Bertz CT molecular complexity index is 1020. The van der Waals surface area contributed by atoms with Crippen LogP contribution in [0.5, 0.6) is 5.75 Å². The first kappa shape index (κ1) is 12.7. The topological polar surface area (TPSA) is 26.3 Å². The molecule has 2 nitrogen and oxygen atoms in total. The highest BCUT2D eigenvalue weighted by atomic mass is 16.5. The number of Topliss-reactive ketones (excluding diaryl/α,β-unsaturated/α-hetero) is 1. The van der Waals surface area contributed by atoms with Crippen molar-refractivity contribution in [1.82, 2.24) is 0 Å². The van der Waals surface area contributed by atoms with Gasteiger partial charge < -0.3 is 4.74 Å². The molecule has 0 amide bonds. The second-order valence-electron chi connectivity index (χ2n) is 6.08. The van der Waals surface area contributed by atoms with Gasteiger partial charge in [0.2, 0.25) is 0 Å². The first-order valence-corrected chi connectivity index (χ1v) is 7.84. The third kappa shape index (κ3) is 1.66. The van der Waals surface area contributed by atoms with Crippen LogP contribution in [0.1, 0.15) is 10.4 Å². The molecular weight excluding hydrogens is 284 g/mol. The zero-order chi connectivity index (χ0) is 15.4. The summed E-state index contributed by atoms with van der Waals surface area (Å²) in [5.41, 5.74) is 1.89. The molecule has 0 N–H and O–H groups in total. The number of benzene rings is 2. The standard InChI is InChI=1S/C21H14O2/c22-20-17-11-5-6-12-18(17)23-21-16-10-4-2-8-14(16)13-7-1-3-9-15(13)19(20)21/h1-12,15,19H. The van der Waals surface area contributed by atoms with Crippen LogP contribution in [0.25, 0.3) is 11.3 Å². The quantitative estimate of drug-likeness (QED) is 0.747. The van der Waals surface area contributed by atoms with Gasteiger partial charge in [0.15, 0.2) is 5.78 Å². The van der Waals surface area contributed by atoms with Gasteiger partial charge in [0.05, 0.1) is 11.5 Å². The lowest BCUT2D eigenvalue weighted by Gasteiger charge is -2.35. The number of rotatable bonds is 0. The lowest BCUT2D eigenvalue weighted by Crippen LogP contribution is -2.45. The minimum atomic E-state index is -0.268. The van der Waals surface area contributed by atoms with Gasteiger partial charge in [0.1, 0.15) is 11.5 Å². The van der Waals surface area contributed by atoms with E-state index >= 15 is 0 Å². The van der Waals surface area contributed by atoms with Crippen molar-refractivity contribution in [1.29, 1.82) is 0 Å². The molecule has 2 aromatic rings. The van der Waals surface area contributed by atoms with Gasteiger partial charge in [0.25, 0.3) is 0 Å². The average Bonchev–Trinajstić information content (AvgIpc) is 2.62. The molecule has 23 heavy (non-hydrogen) atoms. The molecule has 0 radical (unpaired) electrons. The van der Waals surface area contributed by atoms with E-state index in [9.17, 15) is 4.79 Å². The number of ketones is 1.